The van der Waals surface area contributed by atoms with Crippen LogP contribution in [0.3, 0.4) is 0 Å². The Balaban J connectivity index is 1.42. The Morgan fingerprint density at radius 1 is 1.17 bits per heavy atom. The zero-order chi connectivity index (χ0) is 21.3. The fraction of sp³-hybridized carbons (Fsp3) is 0.0952. The molecular weight excluding hydrogens is 471 g/mol. The number of hydrogen-bond donors (Lipinski definition) is 2. The summed E-state index contributed by atoms with van der Waals surface area (Å²) in [6, 6.07) is 10.9. The predicted octanol–water partition coefficient (Wildman–Crippen LogP) is 4.79. The van der Waals surface area contributed by atoms with E-state index in [0.29, 0.717) is 9.88 Å². The van der Waals surface area contributed by atoms with Crippen molar-refractivity contribution < 1.29 is 14.0 Å². The van der Waals surface area contributed by atoms with Crippen molar-refractivity contribution in [2.45, 2.75) is 13.5 Å². The molecule has 1 aromatic carbocycles. The highest BCUT2D eigenvalue weighted by Gasteiger charge is 2.16. The van der Waals surface area contributed by atoms with E-state index < -0.39 is 11.7 Å². The first-order chi connectivity index (χ1) is 14.4. The summed E-state index contributed by atoms with van der Waals surface area (Å²) in [4.78, 5) is 29.9. The van der Waals surface area contributed by atoms with Gasteiger partial charge in [-0.05, 0) is 64.8 Å². The van der Waals surface area contributed by atoms with Gasteiger partial charge >= 0.3 is 0 Å². The van der Waals surface area contributed by atoms with E-state index in [1.165, 1.54) is 29.5 Å². The summed E-state index contributed by atoms with van der Waals surface area (Å²) < 4.78 is 16.1. The molecule has 0 fully saturated rings. The zero-order valence-corrected chi connectivity index (χ0v) is 18.2. The van der Waals surface area contributed by atoms with Crippen molar-refractivity contribution in [1.82, 2.24) is 14.7 Å². The Morgan fingerprint density at radius 3 is 2.80 bits per heavy atom. The lowest BCUT2D eigenvalue weighted by atomic mass is 10.2. The summed E-state index contributed by atoms with van der Waals surface area (Å²) in [5.74, 6) is -1.16. The summed E-state index contributed by atoms with van der Waals surface area (Å²) in [7, 11) is 0. The van der Waals surface area contributed by atoms with E-state index in [2.05, 4.69) is 31.5 Å². The highest BCUT2D eigenvalue weighted by Crippen LogP contribution is 2.27. The van der Waals surface area contributed by atoms with E-state index >= 15 is 0 Å². The van der Waals surface area contributed by atoms with Crippen LogP contribution in [0.15, 0.2) is 59.3 Å². The molecule has 2 amide bonds. The Kier molecular flexibility index (Phi) is 5.65. The van der Waals surface area contributed by atoms with Crippen molar-refractivity contribution >= 4 is 49.7 Å². The molecule has 6 nitrogen and oxygen atoms in total. The van der Waals surface area contributed by atoms with Gasteiger partial charge in [-0.3, -0.25) is 9.59 Å². The molecule has 30 heavy (non-hydrogen) atoms. The average Bonchev–Trinajstić information content (AvgIpc) is 3.28. The Morgan fingerprint density at radius 2 is 2.00 bits per heavy atom. The molecule has 0 aliphatic carbocycles. The summed E-state index contributed by atoms with van der Waals surface area (Å²) in [6.45, 7) is 2.08. The Hall–Kier alpha value is -3.04. The number of thiophene rings is 1. The molecule has 0 aliphatic rings. The summed E-state index contributed by atoms with van der Waals surface area (Å²) in [5.41, 5.74) is 2.48. The van der Waals surface area contributed by atoms with Gasteiger partial charge in [0.25, 0.3) is 11.8 Å². The number of pyridine rings is 1. The van der Waals surface area contributed by atoms with Crippen molar-refractivity contribution in [3.8, 4) is 0 Å². The number of carbonyl (C=O) groups is 2. The molecule has 9 heteroatoms. The van der Waals surface area contributed by atoms with E-state index in [1.54, 1.807) is 13.0 Å². The van der Waals surface area contributed by atoms with Gasteiger partial charge in [0, 0.05) is 22.4 Å². The van der Waals surface area contributed by atoms with Gasteiger partial charge in [0.05, 0.1) is 22.1 Å². The van der Waals surface area contributed by atoms with Gasteiger partial charge in [-0.1, -0.05) is 6.07 Å². The van der Waals surface area contributed by atoms with Gasteiger partial charge in [0.1, 0.15) is 11.5 Å². The molecule has 3 heterocycles. The second-order valence-corrected chi connectivity index (χ2v) is 8.58. The first-order valence-corrected chi connectivity index (χ1v) is 10.6. The number of fused-ring (bicyclic) bond motifs is 1. The molecule has 0 bridgehead atoms. The largest absolute Gasteiger partial charge is 0.346 e. The third-order valence-electron chi connectivity index (χ3n) is 4.34. The van der Waals surface area contributed by atoms with Crippen LogP contribution in [-0.2, 0) is 6.54 Å². The minimum Gasteiger partial charge on any atom is -0.346 e. The van der Waals surface area contributed by atoms with Crippen molar-refractivity contribution in [3.05, 3.63) is 86.8 Å². The maximum absolute atomic E-state index is 13.3. The van der Waals surface area contributed by atoms with Gasteiger partial charge in [-0.2, -0.15) is 0 Å². The predicted molar refractivity (Wildman–Crippen MR) is 117 cm³/mol. The fourth-order valence-electron chi connectivity index (χ4n) is 2.94. The van der Waals surface area contributed by atoms with Crippen LogP contribution in [0.1, 0.15) is 31.3 Å². The van der Waals surface area contributed by atoms with Gasteiger partial charge in [-0.25, -0.2) is 9.37 Å². The lowest BCUT2D eigenvalue weighted by molar-refractivity contribution is 0.0953. The van der Waals surface area contributed by atoms with Crippen LogP contribution in [-0.4, -0.2) is 21.2 Å². The molecule has 0 saturated carbocycles. The average molecular weight is 487 g/mol. The third-order valence-corrected chi connectivity index (χ3v) is 5.96. The van der Waals surface area contributed by atoms with E-state index in [0.717, 1.165) is 27.4 Å². The van der Waals surface area contributed by atoms with Crippen molar-refractivity contribution in [2.75, 3.05) is 5.32 Å². The SMILES string of the molecule is Cc1cc(NC(=O)c2cccc(F)c2)sc1C(=O)NCc1cn2cc(Br)ccc2n1. The molecule has 0 atom stereocenters. The fourth-order valence-corrected chi connectivity index (χ4v) is 4.27. The maximum atomic E-state index is 13.3. The normalized spacial score (nSPS) is 10.9. The van der Waals surface area contributed by atoms with Gasteiger partial charge in [-0.15, -0.1) is 11.3 Å². The van der Waals surface area contributed by atoms with Crippen LogP contribution in [0.25, 0.3) is 5.65 Å². The van der Waals surface area contributed by atoms with E-state index in [1.807, 2.05) is 28.9 Å². The number of nitrogens with zero attached hydrogens (tertiary/aromatic N) is 2. The Labute approximate surface area is 183 Å². The molecule has 0 unspecified atom stereocenters. The molecule has 0 spiro atoms. The van der Waals surface area contributed by atoms with Crippen LogP contribution in [0, 0.1) is 12.7 Å². The monoisotopic (exact) mass is 486 g/mol. The molecule has 3 aromatic heterocycles. The summed E-state index contributed by atoms with van der Waals surface area (Å²) in [6.07, 6.45) is 3.75. The number of aryl methyl sites for hydroxylation is 1. The first kappa shape index (κ1) is 20.2. The highest BCUT2D eigenvalue weighted by molar-refractivity contribution is 9.10. The number of carbonyl (C=O) groups excluding carboxylic acids is 2. The summed E-state index contributed by atoms with van der Waals surface area (Å²) >= 11 is 4.58. The van der Waals surface area contributed by atoms with Crippen LogP contribution >= 0.6 is 27.3 Å². The molecule has 2 N–H and O–H groups in total. The molecule has 4 aromatic rings. The zero-order valence-electron chi connectivity index (χ0n) is 15.8. The topological polar surface area (TPSA) is 75.5 Å². The molecule has 0 saturated heterocycles. The molecule has 0 radical (unpaired) electrons. The van der Waals surface area contributed by atoms with Crippen LogP contribution < -0.4 is 10.6 Å². The molecule has 152 valence electrons. The number of imidazole rings is 1. The van der Waals surface area contributed by atoms with Crippen molar-refractivity contribution in [1.29, 1.82) is 0 Å². The Bertz CT molecular complexity index is 1270. The smallest absolute Gasteiger partial charge is 0.262 e. The van der Waals surface area contributed by atoms with Gasteiger partial charge in [0.2, 0.25) is 0 Å². The number of nitrogens with one attached hydrogen (secondary N) is 2. The van der Waals surface area contributed by atoms with Crippen molar-refractivity contribution in [3.63, 3.8) is 0 Å². The lowest BCUT2D eigenvalue weighted by Gasteiger charge is -2.03. The molecule has 4 rings (SSSR count). The number of benzene rings is 1. The molecule has 0 aliphatic heterocycles. The standard InChI is InChI=1S/C21H16BrFN4O2S/c1-12-7-18(26-20(28)13-3-2-4-15(23)8-13)30-19(12)21(29)24-9-16-11-27-10-14(22)5-6-17(27)25-16/h2-8,10-11H,9H2,1H3,(H,24,29)(H,26,28). The molecular formula is C21H16BrFN4O2S. The second kappa shape index (κ2) is 8.37. The number of rotatable bonds is 5. The number of halogens is 2. The minimum atomic E-state index is -0.482. The first-order valence-electron chi connectivity index (χ1n) is 8.98. The van der Waals surface area contributed by atoms with Crippen LogP contribution in [0.5, 0.6) is 0 Å². The maximum Gasteiger partial charge on any atom is 0.262 e. The number of hydrogen-bond acceptors (Lipinski definition) is 4. The number of aromatic nitrogens is 2. The third kappa shape index (κ3) is 4.42. The highest BCUT2D eigenvalue weighted by atomic mass is 79.9. The van der Waals surface area contributed by atoms with Gasteiger partial charge < -0.3 is 15.0 Å². The number of amides is 2. The van der Waals surface area contributed by atoms with E-state index in [9.17, 15) is 14.0 Å². The minimum absolute atomic E-state index is 0.213. The van der Waals surface area contributed by atoms with Crippen LogP contribution in [0.2, 0.25) is 0 Å². The lowest BCUT2D eigenvalue weighted by Crippen LogP contribution is -2.22. The van der Waals surface area contributed by atoms with E-state index in [4.69, 9.17) is 0 Å². The van der Waals surface area contributed by atoms with Crippen LogP contribution in [0.4, 0.5) is 9.39 Å². The van der Waals surface area contributed by atoms with Gasteiger partial charge in [0.15, 0.2) is 0 Å². The summed E-state index contributed by atoms with van der Waals surface area (Å²) in [5, 5.41) is 6.09. The quantitative estimate of drug-likeness (QED) is 0.425. The number of anilines is 1. The van der Waals surface area contributed by atoms with E-state index in [-0.39, 0.29) is 18.0 Å². The van der Waals surface area contributed by atoms with Crippen molar-refractivity contribution in [2.24, 2.45) is 0 Å². The second-order valence-electron chi connectivity index (χ2n) is 6.61.